The van der Waals surface area contributed by atoms with Gasteiger partial charge in [0.1, 0.15) is 5.54 Å². The van der Waals surface area contributed by atoms with Gasteiger partial charge < -0.3 is 10.0 Å². The number of carboxylic acid groups (broad SMARTS) is 1. The average molecular weight is 382 g/mol. The Bertz CT molecular complexity index is 873. The number of likely N-dealkylation sites (tertiary alicyclic amines) is 1. The van der Waals surface area contributed by atoms with Crippen LogP contribution in [-0.2, 0) is 16.1 Å². The molecule has 0 unspecified atom stereocenters. The van der Waals surface area contributed by atoms with E-state index in [0.29, 0.717) is 12.2 Å². The summed E-state index contributed by atoms with van der Waals surface area (Å²) in [6, 6.07) is 7.54. The van der Waals surface area contributed by atoms with E-state index in [-0.39, 0.29) is 18.4 Å². The number of benzene rings is 1. The number of hydrogen-bond donors (Lipinski definition) is 1. The summed E-state index contributed by atoms with van der Waals surface area (Å²) in [4.78, 5) is 37.1. The summed E-state index contributed by atoms with van der Waals surface area (Å²) in [5.41, 5.74) is 1.61. The summed E-state index contributed by atoms with van der Waals surface area (Å²) in [5, 5.41) is 9.87. The van der Waals surface area contributed by atoms with E-state index in [1.54, 1.807) is 44.5 Å². The van der Waals surface area contributed by atoms with E-state index in [4.69, 9.17) is 0 Å². The van der Waals surface area contributed by atoms with Gasteiger partial charge in [-0.1, -0.05) is 24.3 Å². The maximum Gasteiger partial charge on any atom is 0.323 e. The summed E-state index contributed by atoms with van der Waals surface area (Å²) in [5.74, 6) is -1.47. The van der Waals surface area contributed by atoms with Crippen molar-refractivity contribution in [1.29, 1.82) is 0 Å². The number of hydrogen-bond acceptors (Lipinski definition) is 5. The number of nitrogens with zero attached hydrogens (tertiary/aromatic N) is 4. The molecule has 148 valence electrons. The van der Waals surface area contributed by atoms with E-state index in [0.717, 1.165) is 11.1 Å². The minimum Gasteiger partial charge on any atom is -0.480 e. The molecule has 28 heavy (non-hydrogen) atoms. The second kappa shape index (κ2) is 7.67. The molecule has 1 amide bonds. The van der Waals surface area contributed by atoms with Gasteiger partial charge in [-0.3, -0.25) is 24.5 Å². The molecule has 1 fully saturated rings. The Kier molecular flexibility index (Phi) is 5.47. The fourth-order valence-corrected chi connectivity index (χ4v) is 4.08. The Morgan fingerprint density at radius 1 is 1.32 bits per heavy atom. The van der Waals surface area contributed by atoms with Crippen LogP contribution >= 0.6 is 0 Å². The first-order valence-corrected chi connectivity index (χ1v) is 9.27. The maximum absolute atomic E-state index is 13.4. The molecule has 1 aromatic heterocycles. The van der Waals surface area contributed by atoms with Crippen molar-refractivity contribution in [3.63, 3.8) is 0 Å². The van der Waals surface area contributed by atoms with Crippen LogP contribution in [0.2, 0.25) is 0 Å². The van der Waals surface area contributed by atoms with Crippen molar-refractivity contribution < 1.29 is 14.7 Å². The lowest BCUT2D eigenvalue weighted by molar-refractivity contribution is -0.148. The van der Waals surface area contributed by atoms with Gasteiger partial charge in [-0.05, 0) is 38.4 Å². The molecule has 0 saturated carbocycles. The van der Waals surface area contributed by atoms with E-state index < -0.39 is 17.4 Å². The number of aryl methyl sites for hydroxylation is 1. The van der Waals surface area contributed by atoms with Crippen molar-refractivity contribution in [2.45, 2.75) is 38.4 Å². The minimum atomic E-state index is -1.11. The highest BCUT2D eigenvalue weighted by Crippen LogP contribution is 2.47. The predicted molar refractivity (Wildman–Crippen MR) is 104 cm³/mol. The van der Waals surface area contributed by atoms with Crippen LogP contribution in [0.25, 0.3) is 0 Å². The topological polar surface area (TPSA) is 86.6 Å². The van der Waals surface area contributed by atoms with Crippen LogP contribution in [0.15, 0.2) is 42.9 Å². The number of carboxylic acids is 1. The van der Waals surface area contributed by atoms with Crippen LogP contribution in [0.4, 0.5) is 0 Å². The van der Waals surface area contributed by atoms with E-state index in [1.807, 2.05) is 36.1 Å². The second-order valence-corrected chi connectivity index (χ2v) is 7.69. The Hall–Kier alpha value is -2.80. The first-order valence-electron chi connectivity index (χ1n) is 9.27. The molecule has 1 saturated heterocycles. The minimum absolute atomic E-state index is 0.0873. The molecule has 2 heterocycles. The van der Waals surface area contributed by atoms with Gasteiger partial charge in [0, 0.05) is 25.5 Å². The number of likely N-dealkylation sites (N-methyl/N-ethyl adjacent to an activating group) is 1. The summed E-state index contributed by atoms with van der Waals surface area (Å²) in [6.07, 6.45) is 5.06. The molecule has 3 atom stereocenters. The second-order valence-electron chi connectivity index (χ2n) is 7.69. The Morgan fingerprint density at radius 2 is 2.04 bits per heavy atom. The fourth-order valence-electron chi connectivity index (χ4n) is 4.08. The fraction of sp³-hybridized carbons (Fsp3) is 0.429. The lowest BCUT2D eigenvalue weighted by atomic mass is 9.87. The van der Waals surface area contributed by atoms with Gasteiger partial charge in [0.2, 0.25) is 5.91 Å². The van der Waals surface area contributed by atoms with Crippen LogP contribution < -0.4 is 0 Å². The quantitative estimate of drug-likeness (QED) is 0.854. The number of aromatic nitrogens is 2. The molecule has 3 rings (SSSR count). The van der Waals surface area contributed by atoms with E-state index >= 15 is 0 Å². The molecule has 1 aliphatic rings. The molecular formula is C21H26N4O3. The number of carbonyl (C=O) groups excluding carboxylic acids is 1. The summed E-state index contributed by atoms with van der Waals surface area (Å²) < 4.78 is 0. The standard InChI is InChI=1S/C21H26N4O3/c1-14-7-5-6-8-16(14)18-17(11-21(2,20(27)28)25(18)4)19(26)24(3)13-15-12-22-9-10-23-15/h5-10,12,17-18H,11,13H2,1-4H3,(H,27,28)/t17-,18-,21-/m0/s1. The molecule has 1 aliphatic heterocycles. The third kappa shape index (κ3) is 3.49. The summed E-state index contributed by atoms with van der Waals surface area (Å²) >= 11 is 0. The van der Waals surface area contributed by atoms with Crippen molar-refractivity contribution in [2.24, 2.45) is 5.92 Å². The van der Waals surface area contributed by atoms with Gasteiger partial charge in [-0.2, -0.15) is 0 Å². The van der Waals surface area contributed by atoms with Gasteiger partial charge >= 0.3 is 5.97 Å². The summed E-state index contributed by atoms with van der Waals surface area (Å²) in [6.45, 7) is 4.01. The van der Waals surface area contributed by atoms with Gasteiger partial charge in [0.25, 0.3) is 0 Å². The van der Waals surface area contributed by atoms with Crippen LogP contribution in [0.1, 0.15) is 36.2 Å². The zero-order valence-corrected chi connectivity index (χ0v) is 16.7. The molecule has 0 aliphatic carbocycles. The predicted octanol–water partition coefficient (Wildman–Crippen LogP) is 2.28. The Balaban J connectivity index is 1.95. The average Bonchev–Trinajstić information content (AvgIpc) is 2.95. The van der Waals surface area contributed by atoms with E-state index in [2.05, 4.69) is 9.97 Å². The SMILES string of the molecule is Cc1ccccc1[C@H]1[C@@H](C(=O)N(C)Cc2cnccn2)C[C@@](C)(C(=O)O)N1C. The third-order valence-electron chi connectivity index (χ3n) is 5.87. The lowest BCUT2D eigenvalue weighted by Crippen LogP contribution is -2.46. The smallest absolute Gasteiger partial charge is 0.323 e. The third-order valence-corrected chi connectivity index (χ3v) is 5.87. The molecule has 7 nitrogen and oxygen atoms in total. The van der Waals surface area contributed by atoms with E-state index in [9.17, 15) is 14.7 Å². The molecule has 1 N–H and O–H groups in total. The molecule has 0 radical (unpaired) electrons. The van der Waals surface area contributed by atoms with E-state index in [1.165, 1.54) is 0 Å². The molecule has 7 heteroatoms. The number of rotatable bonds is 5. The Labute approximate surface area is 165 Å². The zero-order chi connectivity index (χ0) is 20.5. The highest BCUT2D eigenvalue weighted by Gasteiger charge is 2.55. The van der Waals surface area contributed by atoms with Crippen LogP contribution in [0.3, 0.4) is 0 Å². The zero-order valence-electron chi connectivity index (χ0n) is 16.7. The maximum atomic E-state index is 13.4. The van der Waals surface area contributed by atoms with Gasteiger partial charge in [-0.25, -0.2) is 0 Å². The lowest BCUT2D eigenvalue weighted by Gasteiger charge is -2.33. The van der Waals surface area contributed by atoms with Gasteiger partial charge in [0.05, 0.1) is 24.4 Å². The first kappa shape index (κ1) is 19.9. The summed E-state index contributed by atoms with van der Waals surface area (Å²) in [7, 11) is 3.52. The van der Waals surface area contributed by atoms with Gasteiger partial charge in [-0.15, -0.1) is 0 Å². The van der Waals surface area contributed by atoms with Crippen LogP contribution in [-0.4, -0.2) is 56.4 Å². The largest absolute Gasteiger partial charge is 0.480 e. The Morgan fingerprint density at radius 3 is 2.64 bits per heavy atom. The van der Waals surface area contributed by atoms with Gasteiger partial charge in [0.15, 0.2) is 0 Å². The normalized spacial score (nSPS) is 24.9. The number of aliphatic carboxylic acids is 1. The van der Waals surface area contributed by atoms with Crippen LogP contribution in [0, 0.1) is 12.8 Å². The highest BCUT2D eigenvalue weighted by molar-refractivity contribution is 5.85. The van der Waals surface area contributed by atoms with Crippen molar-refractivity contribution in [1.82, 2.24) is 19.8 Å². The van der Waals surface area contributed by atoms with Crippen LogP contribution in [0.5, 0.6) is 0 Å². The highest BCUT2D eigenvalue weighted by atomic mass is 16.4. The monoisotopic (exact) mass is 382 g/mol. The molecule has 1 aromatic carbocycles. The van der Waals surface area contributed by atoms with Crippen molar-refractivity contribution in [3.8, 4) is 0 Å². The number of carbonyl (C=O) groups is 2. The van der Waals surface area contributed by atoms with Crippen molar-refractivity contribution >= 4 is 11.9 Å². The van der Waals surface area contributed by atoms with Crippen molar-refractivity contribution in [3.05, 3.63) is 59.7 Å². The van der Waals surface area contributed by atoms with Crippen molar-refractivity contribution in [2.75, 3.05) is 14.1 Å². The molecular weight excluding hydrogens is 356 g/mol. The number of amides is 1. The molecule has 2 aromatic rings. The molecule has 0 bridgehead atoms. The first-order chi connectivity index (χ1) is 13.3. The molecule has 0 spiro atoms.